The molecular weight excluding hydrogens is 322 g/mol. The molecule has 2 aromatic heterocycles. The minimum absolute atomic E-state index is 0.193. The average molecular weight is 341 g/mol. The number of hydrogen-bond donors (Lipinski definition) is 0. The Hall–Kier alpha value is -2.47. The van der Waals surface area contributed by atoms with Gasteiger partial charge in [0.2, 0.25) is 0 Å². The zero-order valence-electron chi connectivity index (χ0n) is 13.7. The van der Waals surface area contributed by atoms with Gasteiger partial charge in [0.05, 0.1) is 11.5 Å². The molecule has 0 aliphatic carbocycles. The molecule has 124 valence electrons. The van der Waals surface area contributed by atoms with Crippen LogP contribution in [0, 0.1) is 6.92 Å². The molecule has 3 aromatic rings. The molecule has 0 saturated carbocycles. The summed E-state index contributed by atoms with van der Waals surface area (Å²) in [5, 5.41) is 6.17. The summed E-state index contributed by atoms with van der Waals surface area (Å²) < 4.78 is 6.95. The van der Waals surface area contributed by atoms with E-state index in [0.29, 0.717) is 17.3 Å². The molecule has 0 atom stereocenters. The van der Waals surface area contributed by atoms with E-state index >= 15 is 0 Å². The van der Waals surface area contributed by atoms with E-state index in [0.717, 1.165) is 24.0 Å². The van der Waals surface area contributed by atoms with E-state index in [4.69, 9.17) is 4.74 Å². The molecule has 0 aliphatic heterocycles. The lowest BCUT2D eigenvalue weighted by Gasteiger charge is -2.05. The molecule has 24 heavy (non-hydrogen) atoms. The first-order valence-corrected chi connectivity index (χ1v) is 8.82. The minimum Gasteiger partial charge on any atom is -0.462 e. The van der Waals surface area contributed by atoms with Crippen molar-refractivity contribution in [2.75, 3.05) is 6.61 Å². The van der Waals surface area contributed by atoms with E-state index in [2.05, 4.69) is 17.0 Å². The summed E-state index contributed by atoms with van der Waals surface area (Å²) in [6.45, 7) is 4.62. The SMILES string of the molecule is CCCCOc1nc(-c2ccccc2C)n(C(=O)c2cccs2)n1. The fraction of sp³-hybridized carbons (Fsp3) is 0.278. The van der Waals surface area contributed by atoms with Gasteiger partial charge >= 0.3 is 6.01 Å². The fourth-order valence-corrected chi connectivity index (χ4v) is 2.95. The summed E-state index contributed by atoms with van der Waals surface area (Å²) in [5.74, 6) is 0.319. The molecule has 2 heterocycles. The topological polar surface area (TPSA) is 57.0 Å². The number of carbonyl (C=O) groups excluding carboxylic acids is 1. The molecule has 0 unspecified atom stereocenters. The first-order valence-electron chi connectivity index (χ1n) is 7.94. The van der Waals surface area contributed by atoms with Gasteiger partial charge in [-0.15, -0.1) is 16.4 Å². The van der Waals surface area contributed by atoms with Gasteiger partial charge in [-0.2, -0.15) is 9.67 Å². The second-order valence-corrected chi connectivity index (χ2v) is 6.38. The van der Waals surface area contributed by atoms with Crippen molar-refractivity contribution in [3.05, 3.63) is 52.2 Å². The summed E-state index contributed by atoms with van der Waals surface area (Å²) in [4.78, 5) is 17.8. The van der Waals surface area contributed by atoms with Gasteiger partial charge < -0.3 is 4.74 Å². The Bertz CT molecular complexity index is 825. The van der Waals surface area contributed by atoms with E-state index in [1.807, 2.05) is 42.6 Å². The van der Waals surface area contributed by atoms with Crippen LogP contribution in [-0.4, -0.2) is 27.3 Å². The number of carbonyl (C=O) groups is 1. The van der Waals surface area contributed by atoms with E-state index in [-0.39, 0.29) is 11.9 Å². The molecule has 0 spiro atoms. The molecule has 0 fully saturated rings. The molecule has 0 N–H and O–H groups in total. The van der Waals surface area contributed by atoms with Gasteiger partial charge in [0.25, 0.3) is 5.91 Å². The van der Waals surface area contributed by atoms with E-state index in [1.165, 1.54) is 16.0 Å². The number of unbranched alkanes of at least 4 members (excludes halogenated alkanes) is 1. The van der Waals surface area contributed by atoms with Crippen molar-refractivity contribution in [2.45, 2.75) is 26.7 Å². The normalized spacial score (nSPS) is 10.8. The Morgan fingerprint density at radius 3 is 2.79 bits per heavy atom. The van der Waals surface area contributed by atoms with Crippen LogP contribution < -0.4 is 4.74 Å². The molecule has 6 heteroatoms. The third-order valence-electron chi connectivity index (χ3n) is 3.63. The second-order valence-electron chi connectivity index (χ2n) is 5.43. The molecule has 0 radical (unpaired) electrons. The molecule has 1 aromatic carbocycles. The Balaban J connectivity index is 2.02. The van der Waals surface area contributed by atoms with Crippen LogP contribution in [0.3, 0.4) is 0 Å². The fourth-order valence-electron chi connectivity index (χ4n) is 2.31. The number of aryl methyl sites for hydroxylation is 1. The zero-order chi connectivity index (χ0) is 16.9. The lowest BCUT2D eigenvalue weighted by Crippen LogP contribution is -2.14. The molecule has 0 amide bonds. The maximum Gasteiger partial charge on any atom is 0.336 e. The van der Waals surface area contributed by atoms with Crippen molar-refractivity contribution >= 4 is 17.2 Å². The Morgan fingerprint density at radius 2 is 2.08 bits per heavy atom. The maximum absolute atomic E-state index is 12.8. The molecule has 0 saturated heterocycles. The number of rotatable bonds is 6. The highest BCUT2D eigenvalue weighted by Gasteiger charge is 2.21. The number of benzene rings is 1. The molecular formula is C18H19N3O2S. The Morgan fingerprint density at radius 1 is 1.25 bits per heavy atom. The lowest BCUT2D eigenvalue weighted by molar-refractivity contribution is 0.0948. The smallest absolute Gasteiger partial charge is 0.336 e. The average Bonchev–Trinajstić information content (AvgIpc) is 3.25. The number of aromatic nitrogens is 3. The number of hydrogen-bond acceptors (Lipinski definition) is 5. The van der Waals surface area contributed by atoms with Crippen LogP contribution in [-0.2, 0) is 0 Å². The van der Waals surface area contributed by atoms with Gasteiger partial charge in [-0.25, -0.2) is 0 Å². The number of ether oxygens (including phenoxy) is 1. The summed E-state index contributed by atoms with van der Waals surface area (Å²) in [5.41, 5.74) is 1.91. The van der Waals surface area contributed by atoms with Crippen LogP contribution in [0.5, 0.6) is 6.01 Å². The van der Waals surface area contributed by atoms with E-state index in [1.54, 1.807) is 6.07 Å². The quantitative estimate of drug-likeness (QED) is 0.631. The van der Waals surface area contributed by atoms with E-state index < -0.39 is 0 Å². The first-order chi connectivity index (χ1) is 11.7. The summed E-state index contributed by atoms with van der Waals surface area (Å²) in [7, 11) is 0. The highest BCUT2D eigenvalue weighted by Crippen LogP contribution is 2.25. The van der Waals surface area contributed by atoms with Crippen molar-refractivity contribution in [3.63, 3.8) is 0 Å². The second kappa shape index (κ2) is 7.40. The van der Waals surface area contributed by atoms with Gasteiger partial charge in [0, 0.05) is 5.56 Å². The largest absolute Gasteiger partial charge is 0.462 e. The van der Waals surface area contributed by atoms with Crippen LogP contribution in [0.15, 0.2) is 41.8 Å². The lowest BCUT2D eigenvalue weighted by atomic mass is 10.1. The minimum atomic E-state index is -0.193. The third kappa shape index (κ3) is 3.38. The summed E-state index contributed by atoms with van der Waals surface area (Å²) in [6, 6.07) is 11.7. The van der Waals surface area contributed by atoms with Crippen LogP contribution in [0.1, 0.15) is 35.0 Å². The van der Waals surface area contributed by atoms with Crippen molar-refractivity contribution < 1.29 is 9.53 Å². The predicted molar refractivity (Wildman–Crippen MR) is 94.6 cm³/mol. The third-order valence-corrected chi connectivity index (χ3v) is 4.48. The van der Waals surface area contributed by atoms with Crippen LogP contribution in [0.25, 0.3) is 11.4 Å². The van der Waals surface area contributed by atoms with Gasteiger partial charge in [0.1, 0.15) is 0 Å². The monoisotopic (exact) mass is 341 g/mol. The maximum atomic E-state index is 12.8. The van der Waals surface area contributed by atoms with Gasteiger partial charge in [0.15, 0.2) is 5.82 Å². The summed E-state index contributed by atoms with van der Waals surface area (Å²) >= 11 is 1.39. The van der Waals surface area contributed by atoms with Crippen LogP contribution in [0.4, 0.5) is 0 Å². The van der Waals surface area contributed by atoms with Gasteiger partial charge in [-0.3, -0.25) is 4.79 Å². The molecule has 3 rings (SSSR count). The first kappa shape index (κ1) is 16.4. The highest BCUT2D eigenvalue weighted by atomic mass is 32.1. The molecule has 5 nitrogen and oxygen atoms in total. The van der Waals surface area contributed by atoms with Gasteiger partial charge in [-0.05, 0) is 30.4 Å². The Labute approximate surface area is 144 Å². The summed E-state index contributed by atoms with van der Waals surface area (Å²) in [6.07, 6.45) is 1.95. The number of nitrogens with zero attached hydrogens (tertiary/aromatic N) is 3. The van der Waals surface area contributed by atoms with Crippen molar-refractivity contribution in [3.8, 4) is 17.4 Å². The molecule has 0 aliphatic rings. The van der Waals surface area contributed by atoms with Crippen molar-refractivity contribution in [2.24, 2.45) is 0 Å². The molecule has 0 bridgehead atoms. The Kier molecular flexibility index (Phi) is 5.05. The standard InChI is InChI=1S/C18H19N3O2S/c1-3-4-11-23-18-19-16(14-9-6-5-8-13(14)2)21(20-18)17(22)15-10-7-12-24-15/h5-10,12H,3-4,11H2,1-2H3. The van der Waals surface area contributed by atoms with Crippen molar-refractivity contribution in [1.82, 2.24) is 14.8 Å². The zero-order valence-corrected chi connectivity index (χ0v) is 14.5. The van der Waals surface area contributed by atoms with E-state index in [9.17, 15) is 4.79 Å². The number of thiophene rings is 1. The van der Waals surface area contributed by atoms with Crippen molar-refractivity contribution in [1.29, 1.82) is 0 Å². The van der Waals surface area contributed by atoms with Crippen LogP contribution in [0.2, 0.25) is 0 Å². The highest BCUT2D eigenvalue weighted by molar-refractivity contribution is 7.12. The van der Waals surface area contributed by atoms with Crippen LogP contribution >= 0.6 is 11.3 Å². The predicted octanol–water partition coefficient (Wildman–Crippen LogP) is 4.18. The van der Waals surface area contributed by atoms with Gasteiger partial charge in [-0.1, -0.05) is 43.7 Å².